The van der Waals surface area contributed by atoms with Crippen molar-refractivity contribution in [1.29, 1.82) is 0 Å². The van der Waals surface area contributed by atoms with Gasteiger partial charge in [-0.2, -0.15) is 0 Å². The predicted octanol–water partition coefficient (Wildman–Crippen LogP) is 4.96. The van der Waals surface area contributed by atoms with Crippen molar-refractivity contribution in [3.05, 3.63) is 72.8 Å². The fraction of sp³-hybridized carbons (Fsp3) is 0.208. The molecule has 1 aliphatic heterocycles. The van der Waals surface area contributed by atoms with Gasteiger partial charge in [0.25, 0.3) is 0 Å². The highest BCUT2D eigenvalue weighted by atomic mass is 32.2. The number of fused-ring (bicyclic) bond motifs is 1. The second-order valence-corrected chi connectivity index (χ2v) is 8.76. The summed E-state index contributed by atoms with van der Waals surface area (Å²) in [4.78, 5) is 32.1. The maximum atomic E-state index is 13.0. The van der Waals surface area contributed by atoms with Gasteiger partial charge in [0.05, 0.1) is 5.69 Å². The summed E-state index contributed by atoms with van der Waals surface area (Å²) in [5.41, 5.74) is 1.56. The Hall–Kier alpha value is -3.12. The van der Waals surface area contributed by atoms with E-state index in [9.17, 15) is 9.59 Å². The fourth-order valence-electron chi connectivity index (χ4n) is 3.62. The van der Waals surface area contributed by atoms with Crippen molar-refractivity contribution in [2.45, 2.75) is 30.6 Å². The number of hydrogen-bond acceptors (Lipinski definition) is 4. The van der Waals surface area contributed by atoms with Gasteiger partial charge in [0.15, 0.2) is 5.17 Å². The predicted molar refractivity (Wildman–Crippen MR) is 122 cm³/mol. The maximum absolute atomic E-state index is 13.0. The van der Waals surface area contributed by atoms with E-state index in [1.165, 1.54) is 11.8 Å². The summed E-state index contributed by atoms with van der Waals surface area (Å²) < 4.78 is 0. The number of amides is 2. The van der Waals surface area contributed by atoms with Crippen molar-refractivity contribution in [3.8, 4) is 0 Å². The molecule has 2 amide bonds. The third-order valence-electron chi connectivity index (χ3n) is 5.26. The van der Waals surface area contributed by atoms with Crippen molar-refractivity contribution >= 4 is 50.9 Å². The number of rotatable bonds is 5. The molecule has 5 rings (SSSR count). The van der Waals surface area contributed by atoms with E-state index >= 15 is 0 Å². The molecule has 1 atom stereocenters. The van der Waals surface area contributed by atoms with E-state index in [4.69, 9.17) is 0 Å². The summed E-state index contributed by atoms with van der Waals surface area (Å²) in [7, 11) is 0. The summed E-state index contributed by atoms with van der Waals surface area (Å²) in [5, 5.41) is 5.40. The van der Waals surface area contributed by atoms with Crippen molar-refractivity contribution in [2.24, 2.45) is 4.99 Å². The first-order valence-corrected chi connectivity index (χ1v) is 11.0. The molecule has 0 bridgehead atoms. The van der Waals surface area contributed by atoms with Crippen molar-refractivity contribution in [2.75, 3.05) is 5.32 Å². The van der Waals surface area contributed by atoms with Gasteiger partial charge in [0, 0.05) is 18.2 Å². The quantitative estimate of drug-likeness (QED) is 0.640. The lowest BCUT2D eigenvalue weighted by Crippen LogP contribution is -2.35. The van der Waals surface area contributed by atoms with Crippen molar-refractivity contribution < 1.29 is 9.59 Å². The molecule has 1 heterocycles. The van der Waals surface area contributed by atoms with E-state index in [1.54, 1.807) is 4.90 Å². The number of amidine groups is 1. The number of hydrogen-bond donors (Lipinski definition) is 1. The second-order valence-electron chi connectivity index (χ2n) is 7.59. The molecular formula is C24H21N3O2S. The Kier molecular flexibility index (Phi) is 5.01. The Morgan fingerprint density at radius 1 is 1.00 bits per heavy atom. The van der Waals surface area contributed by atoms with E-state index in [1.807, 2.05) is 72.8 Å². The topological polar surface area (TPSA) is 61.8 Å². The minimum absolute atomic E-state index is 0.00848. The Bertz CT molecular complexity index is 1140. The van der Waals surface area contributed by atoms with Gasteiger partial charge in [-0.1, -0.05) is 60.3 Å². The van der Waals surface area contributed by atoms with Gasteiger partial charge in [0.1, 0.15) is 5.25 Å². The third-order valence-corrected chi connectivity index (χ3v) is 6.42. The maximum Gasteiger partial charge on any atom is 0.242 e. The van der Waals surface area contributed by atoms with Gasteiger partial charge >= 0.3 is 0 Å². The van der Waals surface area contributed by atoms with Crippen LogP contribution in [0.25, 0.3) is 10.8 Å². The number of benzene rings is 3. The van der Waals surface area contributed by atoms with Gasteiger partial charge < -0.3 is 5.32 Å². The number of carbonyl (C=O) groups is 2. The third kappa shape index (κ3) is 3.96. The molecule has 0 radical (unpaired) electrons. The molecule has 2 fully saturated rings. The number of thioether (sulfide) groups is 1. The van der Waals surface area contributed by atoms with Crippen LogP contribution in [0.4, 0.5) is 11.4 Å². The molecule has 3 aromatic carbocycles. The molecular weight excluding hydrogens is 394 g/mol. The molecule has 2 aliphatic rings. The number of anilines is 1. The smallest absolute Gasteiger partial charge is 0.242 e. The highest BCUT2D eigenvalue weighted by molar-refractivity contribution is 8.15. The van der Waals surface area contributed by atoms with Gasteiger partial charge in [-0.05, 0) is 47.9 Å². The van der Waals surface area contributed by atoms with Crippen LogP contribution in [0, 0.1) is 0 Å². The Labute approximate surface area is 179 Å². The summed E-state index contributed by atoms with van der Waals surface area (Å²) >= 11 is 1.40. The lowest BCUT2D eigenvalue weighted by molar-refractivity contribution is -0.128. The number of nitrogens with one attached hydrogen (secondary N) is 1. The minimum atomic E-state index is -0.437. The standard InChI is InChI=1S/C24H21N3O2S/c28-22(25-19-11-10-16-6-4-5-7-17(16)14-19)15-21-23(29)27(20-12-13-20)24(30-21)26-18-8-2-1-3-9-18/h1-11,14,20-21H,12-13,15H2,(H,25,28)/t21-/m1/s1. The SMILES string of the molecule is O=C(C[C@H]1SC(=Nc2ccccc2)N(C2CC2)C1=O)Nc1ccc2ccccc2c1. The van der Waals surface area contributed by atoms with E-state index in [-0.39, 0.29) is 24.3 Å². The van der Waals surface area contributed by atoms with Crippen LogP contribution in [0.3, 0.4) is 0 Å². The Morgan fingerprint density at radius 3 is 2.50 bits per heavy atom. The zero-order chi connectivity index (χ0) is 20.5. The molecule has 150 valence electrons. The normalized spacial score (nSPS) is 20.1. The van der Waals surface area contributed by atoms with Crippen LogP contribution < -0.4 is 5.32 Å². The summed E-state index contributed by atoms with van der Waals surface area (Å²) in [6.45, 7) is 0. The Balaban J connectivity index is 1.30. The van der Waals surface area contributed by atoms with Crippen molar-refractivity contribution in [1.82, 2.24) is 4.90 Å². The molecule has 0 spiro atoms. The Morgan fingerprint density at radius 2 is 1.73 bits per heavy atom. The molecule has 30 heavy (non-hydrogen) atoms. The first kappa shape index (κ1) is 18.9. The van der Waals surface area contributed by atoms with Crippen LogP contribution >= 0.6 is 11.8 Å². The molecule has 5 nitrogen and oxygen atoms in total. The molecule has 1 saturated carbocycles. The van der Waals surface area contributed by atoms with Gasteiger partial charge in [-0.25, -0.2) is 4.99 Å². The number of nitrogens with zero attached hydrogens (tertiary/aromatic N) is 2. The largest absolute Gasteiger partial charge is 0.326 e. The summed E-state index contributed by atoms with van der Waals surface area (Å²) in [5.74, 6) is -0.168. The van der Waals surface area contributed by atoms with Crippen LogP contribution in [0.1, 0.15) is 19.3 Å². The molecule has 1 saturated heterocycles. The van der Waals surface area contributed by atoms with Crippen LogP contribution in [0.5, 0.6) is 0 Å². The zero-order valence-electron chi connectivity index (χ0n) is 16.3. The monoisotopic (exact) mass is 415 g/mol. The van der Waals surface area contributed by atoms with E-state index in [2.05, 4.69) is 10.3 Å². The number of aliphatic imine (C=N–C) groups is 1. The molecule has 6 heteroatoms. The molecule has 1 aliphatic carbocycles. The van der Waals surface area contributed by atoms with Gasteiger partial charge in [0.2, 0.25) is 11.8 Å². The van der Waals surface area contributed by atoms with Crippen LogP contribution in [-0.2, 0) is 9.59 Å². The highest BCUT2D eigenvalue weighted by Gasteiger charge is 2.46. The van der Waals surface area contributed by atoms with E-state index in [0.717, 1.165) is 35.0 Å². The zero-order valence-corrected chi connectivity index (χ0v) is 17.1. The summed E-state index contributed by atoms with van der Waals surface area (Å²) in [6, 6.07) is 23.7. The van der Waals surface area contributed by atoms with Crippen LogP contribution in [0.15, 0.2) is 77.8 Å². The molecule has 3 aromatic rings. The summed E-state index contributed by atoms with van der Waals surface area (Å²) in [6.07, 6.45) is 2.12. The molecule has 1 N–H and O–H groups in total. The fourth-order valence-corrected chi connectivity index (χ4v) is 4.84. The van der Waals surface area contributed by atoms with Crippen molar-refractivity contribution in [3.63, 3.8) is 0 Å². The number of para-hydroxylation sites is 1. The molecule has 0 aromatic heterocycles. The number of carbonyl (C=O) groups excluding carboxylic acids is 2. The highest BCUT2D eigenvalue weighted by Crippen LogP contribution is 2.39. The second kappa shape index (κ2) is 7.95. The first-order valence-electron chi connectivity index (χ1n) is 10.1. The minimum Gasteiger partial charge on any atom is -0.326 e. The van der Waals surface area contributed by atoms with Crippen LogP contribution in [0.2, 0.25) is 0 Å². The van der Waals surface area contributed by atoms with Crippen LogP contribution in [-0.4, -0.2) is 33.2 Å². The first-order chi connectivity index (χ1) is 14.7. The average molecular weight is 416 g/mol. The van der Waals surface area contributed by atoms with E-state index in [0.29, 0.717) is 5.17 Å². The lowest BCUT2D eigenvalue weighted by Gasteiger charge is -2.15. The van der Waals surface area contributed by atoms with E-state index < -0.39 is 5.25 Å². The van der Waals surface area contributed by atoms with Gasteiger partial charge in [-0.3, -0.25) is 14.5 Å². The molecule has 0 unspecified atom stereocenters. The van der Waals surface area contributed by atoms with Gasteiger partial charge in [-0.15, -0.1) is 0 Å². The lowest BCUT2D eigenvalue weighted by atomic mass is 10.1. The average Bonchev–Trinajstić information content (AvgIpc) is 3.54.